The molecule has 1 aromatic rings. The number of anilines is 1. The fourth-order valence-corrected chi connectivity index (χ4v) is 5.17. The van der Waals surface area contributed by atoms with Gasteiger partial charge in [0.15, 0.2) is 5.69 Å². The molecule has 0 aliphatic carbocycles. The van der Waals surface area contributed by atoms with E-state index in [9.17, 15) is 27.9 Å². The summed E-state index contributed by atoms with van der Waals surface area (Å²) in [6.45, 7) is 9.89. The molecule has 2 bridgehead atoms. The molecule has 148 valence electrons. The SMILES string of the molecule is [C-]#[N+]c1ccc(N2C(=O)[C@@H]3[C@H](C2=O)C2(C)OC3(C)[C@@H](Cl)[C@H]2O)cc1C(F)(F)F. The lowest BCUT2D eigenvalue weighted by Crippen LogP contribution is -2.55. The predicted octanol–water partition coefficient (Wildman–Crippen LogP) is 2.89. The number of ether oxygens (including phenoxy) is 1. The van der Waals surface area contributed by atoms with Crippen LogP contribution in [0.3, 0.4) is 0 Å². The van der Waals surface area contributed by atoms with Gasteiger partial charge in [0.2, 0.25) is 11.8 Å². The van der Waals surface area contributed by atoms with Crippen LogP contribution in [0.1, 0.15) is 19.4 Å². The predicted molar refractivity (Wildman–Crippen MR) is 90.7 cm³/mol. The van der Waals surface area contributed by atoms with Crippen LogP contribution in [0.2, 0.25) is 0 Å². The number of rotatable bonds is 1. The molecule has 2 amide bonds. The van der Waals surface area contributed by atoms with Crippen molar-refractivity contribution in [3.05, 3.63) is 35.2 Å². The molecule has 0 aromatic heterocycles. The van der Waals surface area contributed by atoms with Crippen LogP contribution in [0.25, 0.3) is 4.85 Å². The Balaban J connectivity index is 1.82. The van der Waals surface area contributed by atoms with Gasteiger partial charge in [-0.15, -0.1) is 11.6 Å². The van der Waals surface area contributed by atoms with Gasteiger partial charge in [0.25, 0.3) is 0 Å². The standard InChI is InChI=1S/C18H14ClF3N2O4/c1-16-10-11(17(2,28-16)13(25)12(16)19)15(27)24(14(10)26)7-4-5-9(23-3)8(6-7)18(20,21)22/h4-6,10-13,25H,1-2H3/t10-,11+,12-,13+,16?,17?/m0/s1. The van der Waals surface area contributed by atoms with Gasteiger partial charge < -0.3 is 9.84 Å². The molecule has 1 aromatic carbocycles. The summed E-state index contributed by atoms with van der Waals surface area (Å²) in [5.74, 6) is -3.58. The number of carbonyl (C=O) groups excluding carboxylic acids is 2. The molecular weight excluding hydrogens is 401 g/mol. The highest BCUT2D eigenvalue weighted by Gasteiger charge is 2.79. The molecule has 3 saturated heterocycles. The average Bonchev–Trinajstić information content (AvgIpc) is 3.10. The smallest absolute Gasteiger partial charge is 0.388 e. The number of aliphatic hydroxyl groups excluding tert-OH is 1. The number of hydrogen-bond donors (Lipinski definition) is 1. The van der Waals surface area contributed by atoms with Crippen molar-refractivity contribution >= 4 is 34.8 Å². The largest absolute Gasteiger partial charge is 0.407 e. The average molecular weight is 415 g/mol. The maximum Gasteiger partial charge on any atom is 0.407 e. The topological polar surface area (TPSA) is 71.2 Å². The Hall–Kier alpha value is -2.15. The van der Waals surface area contributed by atoms with Crippen LogP contribution in [0.15, 0.2) is 18.2 Å². The summed E-state index contributed by atoms with van der Waals surface area (Å²) in [6, 6.07) is 2.67. The third kappa shape index (κ3) is 2.11. The molecule has 3 aliphatic heterocycles. The minimum atomic E-state index is -4.82. The summed E-state index contributed by atoms with van der Waals surface area (Å²) in [5.41, 5.74) is -4.89. The molecule has 3 heterocycles. The molecular formula is C18H14ClF3N2O4. The highest BCUT2D eigenvalue weighted by Crippen LogP contribution is 2.62. The third-order valence-electron chi connectivity index (χ3n) is 6.06. The fraction of sp³-hybridized carbons (Fsp3) is 0.500. The van der Waals surface area contributed by atoms with Crippen LogP contribution < -0.4 is 4.90 Å². The molecule has 0 saturated carbocycles. The molecule has 0 radical (unpaired) electrons. The zero-order valence-electron chi connectivity index (χ0n) is 14.6. The molecule has 3 fully saturated rings. The van der Waals surface area contributed by atoms with Crippen LogP contribution in [0.5, 0.6) is 0 Å². The Labute approximate surface area is 162 Å². The normalized spacial score (nSPS) is 39.4. The second-order valence-electron chi connectivity index (χ2n) is 7.59. The highest BCUT2D eigenvalue weighted by atomic mass is 35.5. The summed E-state index contributed by atoms with van der Waals surface area (Å²) in [5, 5.41) is 9.47. The number of imide groups is 1. The van der Waals surface area contributed by atoms with E-state index < -0.39 is 63.8 Å². The summed E-state index contributed by atoms with van der Waals surface area (Å²) in [4.78, 5) is 29.6. The van der Waals surface area contributed by atoms with Crippen LogP contribution in [0, 0.1) is 18.4 Å². The zero-order valence-corrected chi connectivity index (χ0v) is 15.4. The van der Waals surface area contributed by atoms with Gasteiger partial charge in [0.1, 0.15) is 11.7 Å². The van der Waals surface area contributed by atoms with Gasteiger partial charge in [-0.2, -0.15) is 13.2 Å². The van der Waals surface area contributed by atoms with Gasteiger partial charge in [-0.05, 0) is 26.0 Å². The minimum Gasteiger partial charge on any atom is -0.388 e. The number of aliphatic hydroxyl groups is 1. The lowest BCUT2D eigenvalue weighted by Gasteiger charge is -2.35. The molecule has 1 N–H and O–H groups in total. The van der Waals surface area contributed by atoms with E-state index in [-0.39, 0.29) is 5.69 Å². The second-order valence-corrected chi connectivity index (χ2v) is 8.06. The van der Waals surface area contributed by atoms with Gasteiger partial charge >= 0.3 is 6.18 Å². The molecule has 28 heavy (non-hydrogen) atoms. The number of hydrogen-bond acceptors (Lipinski definition) is 4. The Morgan fingerprint density at radius 2 is 1.79 bits per heavy atom. The summed E-state index contributed by atoms with van der Waals surface area (Å²) in [7, 11) is 0. The van der Waals surface area contributed by atoms with Gasteiger partial charge in [0.05, 0.1) is 34.9 Å². The number of amides is 2. The van der Waals surface area contributed by atoms with E-state index in [1.54, 1.807) is 0 Å². The van der Waals surface area contributed by atoms with Crippen molar-refractivity contribution in [1.29, 1.82) is 0 Å². The zero-order chi connectivity index (χ0) is 20.8. The maximum atomic E-state index is 13.3. The number of alkyl halides is 4. The van der Waals surface area contributed by atoms with Gasteiger partial charge in [-0.25, -0.2) is 9.74 Å². The number of nitrogens with zero attached hydrogens (tertiary/aromatic N) is 2. The van der Waals surface area contributed by atoms with Crippen molar-refractivity contribution in [3.63, 3.8) is 0 Å². The number of halogens is 4. The molecule has 0 spiro atoms. The van der Waals surface area contributed by atoms with Crippen molar-refractivity contribution in [2.24, 2.45) is 11.8 Å². The minimum absolute atomic E-state index is 0.281. The van der Waals surface area contributed by atoms with E-state index in [0.717, 1.165) is 12.1 Å². The molecule has 10 heteroatoms. The van der Waals surface area contributed by atoms with E-state index in [0.29, 0.717) is 11.0 Å². The number of carbonyl (C=O) groups is 2. The van der Waals surface area contributed by atoms with E-state index >= 15 is 0 Å². The first-order chi connectivity index (χ1) is 12.9. The Morgan fingerprint density at radius 3 is 2.32 bits per heavy atom. The summed E-state index contributed by atoms with van der Waals surface area (Å²) < 4.78 is 45.7. The van der Waals surface area contributed by atoms with Crippen LogP contribution >= 0.6 is 11.6 Å². The van der Waals surface area contributed by atoms with Gasteiger partial charge in [-0.3, -0.25) is 9.59 Å². The number of benzene rings is 1. The summed E-state index contributed by atoms with van der Waals surface area (Å²) >= 11 is 6.25. The lowest BCUT2D eigenvalue weighted by molar-refractivity contribution is -0.137. The first-order valence-corrected chi connectivity index (χ1v) is 8.80. The third-order valence-corrected chi connectivity index (χ3v) is 6.73. The monoisotopic (exact) mass is 414 g/mol. The first kappa shape index (κ1) is 19.2. The van der Waals surface area contributed by atoms with Crippen LogP contribution in [-0.4, -0.2) is 39.6 Å². The van der Waals surface area contributed by atoms with E-state index in [2.05, 4.69) is 4.85 Å². The van der Waals surface area contributed by atoms with E-state index in [1.165, 1.54) is 13.8 Å². The molecule has 3 aliphatic rings. The Kier molecular flexibility index (Phi) is 3.74. The Bertz CT molecular complexity index is 923. The van der Waals surface area contributed by atoms with Crippen molar-refractivity contribution in [2.45, 2.75) is 42.7 Å². The van der Waals surface area contributed by atoms with Crippen LogP contribution in [-0.2, 0) is 20.5 Å². The maximum absolute atomic E-state index is 13.3. The van der Waals surface area contributed by atoms with Crippen LogP contribution in [0.4, 0.5) is 24.5 Å². The molecule has 6 atom stereocenters. The van der Waals surface area contributed by atoms with Crippen molar-refractivity contribution in [1.82, 2.24) is 0 Å². The Morgan fingerprint density at radius 1 is 1.21 bits per heavy atom. The quantitative estimate of drug-likeness (QED) is 0.436. The lowest BCUT2D eigenvalue weighted by atomic mass is 9.67. The van der Waals surface area contributed by atoms with Crippen molar-refractivity contribution < 1.29 is 32.6 Å². The van der Waals surface area contributed by atoms with E-state index in [1.807, 2.05) is 0 Å². The molecule has 6 nitrogen and oxygen atoms in total. The summed E-state index contributed by atoms with van der Waals surface area (Å²) in [6.07, 6.45) is -6.04. The fourth-order valence-electron chi connectivity index (χ4n) is 4.74. The van der Waals surface area contributed by atoms with Crippen molar-refractivity contribution in [2.75, 3.05) is 4.90 Å². The van der Waals surface area contributed by atoms with Crippen molar-refractivity contribution in [3.8, 4) is 0 Å². The molecule has 2 unspecified atom stereocenters. The molecule has 4 rings (SSSR count). The number of fused-ring (bicyclic) bond motifs is 5. The first-order valence-electron chi connectivity index (χ1n) is 8.36. The van der Waals surface area contributed by atoms with Gasteiger partial charge in [-0.1, -0.05) is 6.07 Å². The van der Waals surface area contributed by atoms with Gasteiger partial charge in [0, 0.05) is 5.69 Å². The highest BCUT2D eigenvalue weighted by molar-refractivity contribution is 6.26. The second kappa shape index (κ2) is 5.47. The van der Waals surface area contributed by atoms with E-state index in [4.69, 9.17) is 22.9 Å².